The maximum absolute atomic E-state index is 12.0. The highest BCUT2D eigenvalue weighted by atomic mass is 16.4. The van der Waals surface area contributed by atoms with Gasteiger partial charge in [0.25, 0.3) is 5.91 Å². The van der Waals surface area contributed by atoms with Crippen LogP contribution >= 0.6 is 0 Å². The van der Waals surface area contributed by atoms with Gasteiger partial charge in [0.1, 0.15) is 0 Å². The van der Waals surface area contributed by atoms with E-state index >= 15 is 0 Å². The number of benzene rings is 1. The summed E-state index contributed by atoms with van der Waals surface area (Å²) in [6.07, 6.45) is 6.98. The Morgan fingerprint density at radius 1 is 1.26 bits per heavy atom. The maximum atomic E-state index is 12.0. The molecule has 0 aromatic heterocycles. The van der Waals surface area contributed by atoms with Crippen LogP contribution in [0, 0.1) is 0 Å². The topological polar surface area (TPSA) is 66.4 Å². The van der Waals surface area contributed by atoms with Crippen molar-refractivity contribution in [2.45, 2.75) is 31.7 Å². The number of carbonyl (C=O) groups is 2. The molecule has 4 heteroatoms. The number of hydrogen-bond acceptors (Lipinski definition) is 2. The monoisotopic (exact) mass is 259 g/mol. The van der Waals surface area contributed by atoms with Crippen LogP contribution in [-0.2, 0) is 4.79 Å². The molecule has 0 bridgehead atoms. The Hall–Kier alpha value is -2.10. The van der Waals surface area contributed by atoms with Crippen molar-refractivity contribution in [1.82, 2.24) is 5.32 Å². The van der Waals surface area contributed by atoms with Gasteiger partial charge in [-0.25, -0.2) is 4.79 Å². The van der Waals surface area contributed by atoms with Crippen LogP contribution in [-0.4, -0.2) is 23.0 Å². The SMILES string of the molecule is O=C(O)C=Cc1cccc(C(=O)NC2CCCC2)c1. The summed E-state index contributed by atoms with van der Waals surface area (Å²) in [5, 5.41) is 11.6. The van der Waals surface area contributed by atoms with Crippen molar-refractivity contribution in [3.63, 3.8) is 0 Å². The van der Waals surface area contributed by atoms with Gasteiger partial charge in [0.15, 0.2) is 0 Å². The van der Waals surface area contributed by atoms with Gasteiger partial charge in [-0.1, -0.05) is 25.0 Å². The number of carboxylic acids is 1. The van der Waals surface area contributed by atoms with Gasteiger partial charge in [0.2, 0.25) is 0 Å². The fourth-order valence-corrected chi connectivity index (χ4v) is 2.29. The van der Waals surface area contributed by atoms with E-state index in [2.05, 4.69) is 5.32 Å². The molecule has 0 heterocycles. The number of aliphatic carboxylic acids is 1. The largest absolute Gasteiger partial charge is 0.478 e. The second kappa shape index (κ2) is 6.18. The molecule has 1 aliphatic rings. The molecule has 0 saturated heterocycles. The predicted molar refractivity (Wildman–Crippen MR) is 72.8 cm³/mol. The molecule has 2 N–H and O–H groups in total. The van der Waals surface area contributed by atoms with Crippen LogP contribution in [0.3, 0.4) is 0 Å². The van der Waals surface area contributed by atoms with Gasteiger partial charge in [-0.15, -0.1) is 0 Å². The molecule has 4 nitrogen and oxygen atoms in total. The van der Waals surface area contributed by atoms with E-state index in [1.165, 1.54) is 18.9 Å². The second-order valence-corrected chi connectivity index (χ2v) is 4.75. The summed E-state index contributed by atoms with van der Waals surface area (Å²) >= 11 is 0. The molecule has 1 aromatic carbocycles. The molecule has 1 aliphatic carbocycles. The van der Waals surface area contributed by atoms with Crippen LogP contribution in [0.4, 0.5) is 0 Å². The van der Waals surface area contributed by atoms with Crippen molar-refractivity contribution in [3.8, 4) is 0 Å². The summed E-state index contributed by atoms with van der Waals surface area (Å²) in [4.78, 5) is 22.5. The van der Waals surface area contributed by atoms with Gasteiger partial charge in [0, 0.05) is 17.7 Å². The Balaban J connectivity index is 2.04. The molecule has 1 saturated carbocycles. The molecule has 0 unspecified atom stereocenters. The first-order valence-electron chi connectivity index (χ1n) is 6.47. The molecular formula is C15H17NO3. The molecule has 0 spiro atoms. The lowest BCUT2D eigenvalue weighted by Crippen LogP contribution is -2.32. The van der Waals surface area contributed by atoms with E-state index in [0.29, 0.717) is 11.1 Å². The number of hydrogen-bond donors (Lipinski definition) is 2. The van der Waals surface area contributed by atoms with Crippen molar-refractivity contribution in [1.29, 1.82) is 0 Å². The van der Waals surface area contributed by atoms with E-state index in [9.17, 15) is 9.59 Å². The number of carbonyl (C=O) groups excluding carboxylic acids is 1. The van der Waals surface area contributed by atoms with Gasteiger partial charge in [-0.05, 0) is 36.6 Å². The highest BCUT2D eigenvalue weighted by molar-refractivity contribution is 5.95. The molecule has 100 valence electrons. The fraction of sp³-hybridized carbons (Fsp3) is 0.333. The zero-order chi connectivity index (χ0) is 13.7. The zero-order valence-corrected chi connectivity index (χ0v) is 10.6. The predicted octanol–water partition coefficient (Wildman–Crippen LogP) is 2.46. The lowest BCUT2D eigenvalue weighted by atomic mass is 10.1. The van der Waals surface area contributed by atoms with Gasteiger partial charge >= 0.3 is 5.97 Å². The first-order chi connectivity index (χ1) is 9.15. The standard InChI is InChI=1S/C15H17NO3/c17-14(18)9-8-11-4-3-5-12(10-11)15(19)16-13-6-1-2-7-13/h3-5,8-10,13H,1-2,6-7H2,(H,16,19)(H,17,18). The summed E-state index contributed by atoms with van der Waals surface area (Å²) in [6.45, 7) is 0. The zero-order valence-electron chi connectivity index (χ0n) is 10.6. The van der Waals surface area contributed by atoms with Crippen LogP contribution in [0.1, 0.15) is 41.6 Å². The summed E-state index contributed by atoms with van der Waals surface area (Å²) in [7, 11) is 0. The van der Waals surface area contributed by atoms with E-state index in [1.54, 1.807) is 24.3 Å². The molecule has 1 fully saturated rings. The first kappa shape index (κ1) is 13.3. The van der Waals surface area contributed by atoms with E-state index in [0.717, 1.165) is 18.9 Å². The minimum atomic E-state index is -0.999. The number of amides is 1. The molecule has 1 aromatic rings. The number of carboxylic acid groups (broad SMARTS) is 1. The maximum Gasteiger partial charge on any atom is 0.328 e. The lowest BCUT2D eigenvalue weighted by molar-refractivity contribution is -0.131. The highest BCUT2D eigenvalue weighted by Gasteiger charge is 2.17. The quantitative estimate of drug-likeness (QED) is 0.816. The van der Waals surface area contributed by atoms with Crippen molar-refractivity contribution < 1.29 is 14.7 Å². The Bertz CT molecular complexity index is 502. The Morgan fingerprint density at radius 3 is 2.68 bits per heavy atom. The molecule has 0 aliphatic heterocycles. The lowest BCUT2D eigenvalue weighted by Gasteiger charge is -2.12. The van der Waals surface area contributed by atoms with E-state index < -0.39 is 5.97 Å². The average molecular weight is 259 g/mol. The molecule has 1 amide bonds. The fourth-order valence-electron chi connectivity index (χ4n) is 2.29. The molecular weight excluding hydrogens is 242 g/mol. The van der Waals surface area contributed by atoms with Gasteiger partial charge in [-0.2, -0.15) is 0 Å². The molecule has 0 atom stereocenters. The van der Waals surface area contributed by atoms with Crippen LogP contribution in [0.15, 0.2) is 30.3 Å². The van der Waals surface area contributed by atoms with Gasteiger partial charge in [0.05, 0.1) is 0 Å². The van der Waals surface area contributed by atoms with Crippen molar-refractivity contribution in [3.05, 3.63) is 41.5 Å². The summed E-state index contributed by atoms with van der Waals surface area (Å²) < 4.78 is 0. The third kappa shape index (κ3) is 3.95. The minimum Gasteiger partial charge on any atom is -0.478 e. The Labute approximate surface area is 112 Å². The Kier molecular flexibility index (Phi) is 4.34. The summed E-state index contributed by atoms with van der Waals surface area (Å²) in [6, 6.07) is 7.24. The normalized spacial score (nSPS) is 15.8. The third-order valence-corrected chi connectivity index (χ3v) is 3.26. The van der Waals surface area contributed by atoms with Gasteiger partial charge in [-0.3, -0.25) is 4.79 Å². The number of nitrogens with one attached hydrogen (secondary N) is 1. The van der Waals surface area contributed by atoms with Crippen molar-refractivity contribution in [2.75, 3.05) is 0 Å². The van der Waals surface area contributed by atoms with Gasteiger partial charge < -0.3 is 10.4 Å². The molecule has 0 radical (unpaired) electrons. The third-order valence-electron chi connectivity index (χ3n) is 3.26. The van der Waals surface area contributed by atoms with Crippen molar-refractivity contribution >= 4 is 18.0 Å². The summed E-state index contributed by atoms with van der Waals surface area (Å²) in [5.74, 6) is -1.08. The highest BCUT2D eigenvalue weighted by Crippen LogP contribution is 2.18. The second-order valence-electron chi connectivity index (χ2n) is 4.75. The molecule has 2 rings (SSSR count). The van der Waals surface area contributed by atoms with Crippen LogP contribution in [0.5, 0.6) is 0 Å². The van der Waals surface area contributed by atoms with Crippen LogP contribution < -0.4 is 5.32 Å². The summed E-state index contributed by atoms with van der Waals surface area (Å²) in [5.41, 5.74) is 1.28. The van der Waals surface area contributed by atoms with Crippen molar-refractivity contribution in [2.24, 2.45) is 0 Å². The first-order valence-corrected chi connectivity index (χ1v) is 6.47. The van der Waals surface area contributed by atoms with Crippen LogP contribution in [0.2, 0.25) is 0 Å². The smallest absolute Gasteiger partial charge is 0.328 e. The average Bonchev–Trinajstić information content (AvgIpc) is 2.89. The minimum absolute atomic E-state index is 0.0857. The van der Waals surface area contributed by atoms with Crippen LogP contribution in [0.25, 0.3) is 6.08 Å². The van der Waals surface area contributed by atoms with E-state index in [-0.39, 0.29) is 11.9 Å². The van der Waals surface area contributed by atoms with E-state index in [1.807, 2.05) is 0 Å². The molecule has 19 heavy (non-hydrogen) atoms. The Morgan fingerprint density at radius 2 is 2.00 bits per heavy atom. The number of rotatable bonds is 4. The van der Waals surface area contributed by atoms with E-state index in [4.69, 9.17) is 5.11 Å².